The van der Waals surface area contributed by atoms with Crippen LogP contribution in [-0.2, 0) is 16.6 Å². The van der Waals surface area contributed by atoms with E-state index in [0.29, 0.717) is 13.0 Å². The summed E-state index contributed by atoms with van der Waals surface area (Å²) >= 11 is 8.17. The summed E-state index contributed by atoms with van der Waals surface area (Å²) in [6, 6.07) is 7.50. The second-order valence-electron chi connectivity index (χ2n) is 4.23. The lowest BCUT2D eigenvalue weighted by molar-refractivity contribution is 0.461. The van der Waals surface area contributed by atoms with E-state index in [-0.39, 0.29) is 4.99 Å². The summed E-state index contributed by atoms with van der Waals surface area (Å²) in [4.78, 5) is 0.0187. The average molecular weight is 365 g/mol. The first kappa shape index (κ1) is 16.6. The fourth-order valence-corrected chi connectivity index (χ4v) is 3.99. The molecule has 0 aromatic heterocycles. The van der Waals surface area contributed by atoms with E-state index < -0.39 is 15.3 Å². The third-order valence-electron chi connectivity index (χ3n) is 2.80. The zero-order chi connectivity index (χ0) is 14.6. The fourth-order valence-electron chi connectivity index (χ4n) is 1.71. The van der Waals surface area contributed by atoms with Crippen LogP contribution in [0.15, 0.2) is 28.7 Å². The Hall–Kier alpha value is -0.500. The third-order valence-corrected chi connectivity index (χ3v) is 6.07. The van der Waals surface area contributed by atoms with Crippen LogP contribution in [0.5, 0.6) is 0 Å². The van der Waals surface area contributed by atoms with Crippen LogP contribution in [0.25, 0.3) is 0 Å². The average Bonchev–Trinajstić information content (AvgIpc) is 2.32. The number of benzene rings is 1. The van der Waals surface area contributed by atoms with Crippen LogP contribution in [0.3, 0.4) is 0 Å². The maximum atomic E-state index is 12.3. The summed E-state index contributed by atoms with van der Waals surface area (Å²) in [5.74, 6) is 0. The molecule has 0 heterocycles. The van der Waals surface area contributed by atoms with E-state index in [2.05, 4.69) is 15.9 Å². The number of nitrogens with zero attached hydrogens (tertiary/aromatic N) is 1. The summed E-state index contributed by atoms with van der Waals surface area (Å²) in [6.07, 6.45) is 0.377. The molecule has 0 aliphatic rings. The number of nitrogens with two attached hydrogens (primary N) is 1. The summed E-state index contributed by atoms with van der Waals surface area (Å²) in [5.41, 5.74) is 6.41. The number of rotatable bonds is 6. The van der Waals surface area contributed by atoms with Crippen molar-refractivity contribution in [3.63, 3.8) is 0 Å². The van der Waals surface area contributed by atoms with Gasteiger partial charge in [-0.2, -0.15) is 4.31 Å². The Morgan fingerprint density at radius 2 is 1.95 bits per heavy atom. The molecule has 2 N–H and O–H groups in total. The number of sulfonamides is 1. The van der Waals surface area contributed by atoms with Gasteiger partial charge in [-0.05, 0) is 24.1 Å². The van der Waals surface area contributed by atoms with Gasteiger partial charge in [0.15, 0.2) is 0 Å². The highest BCUT2D eigenvalue weighted by atomic mass is 79.9. The van der Waals surface area contributed by atoms with Crippen LogP contribution in [0.4, 0.5) is 0 Å². The van der Waals surface area contributed by atoms with Crippen molar-refractivity contribution in [2.24, 2.45) is 5.73 Å². The molecule has 1 aromatic carbocycles. The van der Waals surface area contributed by atoms with E-state index in [9.17, 15) is 8.42 Å². The van der Waals surface area contributed by atoms with Gasteiger partial charge < -0.3 is 5.73 Å². The highest BCUT2D eigenvalue weighted by Crippen LogP contribution is 2.16. The second-order valence-corrected chi connectivity index (χ2v) is 7.84. The van der Waals surface area contributed by atoms with E-state index in [0.717, 1.165) is 10.0 Å². The third kappa shape index (κ3) is 4.24. The smallest absolute Gasteiger partial charge is 0.223 e. The Balaban J connectivity index is 2.90. The first-order valence-electron chi connectivity index (χ1n) is 5.78. The fraction of sp³-hybridized carbons (Fsp3) is 0.417. The topological polar surface area (TPSA) is 63.4 Å². The van der Waals surface area contributed by atoms with Crippen LogP contribution >= 0.6 is 28.1 Å². The maximum Gasteiger partial charge on any atom is 0.223 e. The monoisotopic (exact) mass is 364 g/mol. The molecule has 7 heteroatoms. The molecule has 0 saturated carbocycles. The van der Waals surface area contributed by atoms with Crippen molar-refractivity contribution < 1.29 is 8.42 Å². The Morgan fingerprint density at radius 1 is 1.42 bits per heavy atom. The molecule has 19 heavy (non-hydrogen) atoms. The first-order chi connectivity index (χ1) is 8.78. The minimum absolute atomic E-state index is 0.0187. The van der Waals surface area contributed by atoms with Crippen molar-refractivity contribution in [3.05, 3.63) is 34.3 Å². The molecule has 0 fully saturated rings. The largest absolute Gasteiger partial charge is 0.392 e. The zero-order valence-corrected chi connectivity index (χ0v) is 14.1. The lowest BCUT2D eigenvalue weighted by atomic mass is 10.2. The normalized spacial score (nSPS) is 13.5. The Kier molecular flexibility index (Phi) is 5.91. The van der Waals surface area contributed by atoms with Crippen molar-refractivity contribution >= 4 is 43.2 Å². The second kappa shape index (κ2) is 6.78. The molecule has 1 unspecified atom stereocenters. The molecule has 0 spiro atoms. The Morgan fingerprint density at radius 3 is 2.37 bits per heavy atom. The van der Waals surface area contributed by atoms with E-state index in [4.69, 9.17) is 18.0 Å². The minimum atomic E-state index is -3.50. The SMILES string of the molecule is CCC(C(N)=S)S(=O)(=O)N(C)Cc1ccc(Br)cc1. The predicted octanol–water partition coefficient (Wildman–Crippen LogP) is 2.28. The van der Waals surface area contributed by atoms with Gasteiger partial charge in [0.1, 0.15) is 5.25 Å². The summed E-state index contributed by atoms with van der Waals surface area (Å²) < 4.78 is 26.9. The number of hydrogen-bond donors (Lipinski definition) is 1. The highest BCUT2D eigenvalue weighted by molar-refractivity contribution is 9.10. The molecule has 1 rings (SSSR count). The maximum absolute atomic E-state index is 12.3. The lowest BCUT2D eigenvalue weighted by Gasteiger charge is -2.23. The molecule has 0 amide bonds. The van der Waals surface area contributed by atoms with Crippen LogP contribution < -0.4 is 5.73 Å². The molecule has 1 atom stereocenters. The van der Waals surface area contributed by atoms with Crippen LogP contribution in [0.2, 0.25) is 0 Å². The lowest BCUT2D eigenvalue weighted by Crippen LogP contribution is -2.42. The van der Waals surface area contributed by atoms with Gasteiger partial charge in [-0.25, -0.2) is 8.42 Å². The molecule has 0 aliphatic heterocycles. The van der Waals surface area contributed by atoms with Crippen molar-refractivity contribution in [1.82, 2.24) is 4.31 Å². The molecule has 0 saturated heterocycles. The van der Waals surface area contributed by atoms with E-state index in [1.54, 1.807) is 6.92 Å². The number of halogens is 1. The van der Waals surface area contributed by atoms with E-state index in [1.807, 2.05) is 24.3 Å². The summed E-state index contributed by atoms with van der Waals surface area (Å²) in [6.45, 7) is 2.06. The molecule has 106 valence electrons. The standard InChI is InChI=1S/C12H17BrN2O2S2/c1-3-11(12(14)18)19(16,17)15(2)8-9-4-6-10(13)7-5-9/h4-7,11H,3,8H2,1-2H3,(H2,14,18). The van der Waals surface area contributed by atoms with Crippen molar-refractivity contribution in [3.8, 4) is 0 Å². The molecule has 0 radical (unpaired) electrons. The number of thiocarbonyl (C=S) groups is 1. The van der Waals surface area contributed by atoms with Gasteiger partial charge in [0.05, 0.1) is 4.99 Å². The van der Waals surface area contributed by atoms with Crippen LogP contribution in [-0.4, -0.2) is 30.0 Å². The van der Waals surface area contributed by atoms with Gasteiger partial charge in [0.25, 0.3) is 0 Å². The molecule has 0 bridgehead atoms. The van der Waals surface area contributed by atoms with Gasteiger partial charge >= 0.3 is 0 Å². The van der Waals surface area contributed by atoms with Gasteiger partial charge in [0, 0.05) is 18.1 Å². The first-order valence-corrected chi connectivity index (χ1v) is 8.48. The van der Waals surface area contributed by atoms with Crippen molar-refractivity contribution in [2.45, 2.75) is 25.1 Å². The Bertz CT molecular complexity index is 543. The molecular weight excluding hydrogens is 348 g/mol. The van der Waals surface area contributed by atoms with Gasteiger partial charge in [-0.15, -0.1) is 0 Å². The quantitative estimate of drug-likeness (QED) is 0.786. The van der Waals surface area contributed by atoms with Gasteiger partial charge in [-0.3, -0.25) is 0 Å². The molecule has 1 aromatic rings. The molecule has 0 aliphatic carbocycles. The molecule has 4 nitrogen and oxygen atoms in total. The zero-order valence-electron chi connectivity index (χ0n) is 10.8. The van der Waals surface area contributed by atoms with Crippen LogP contribution in [0, 0.1) is 0 Å². The van der Waals surface area contributed by atoms with Crippen LogP contribution in [0.1, 0.15) is 18.9 Å². The van der Waals surface area contributed by atoms with Gasteiger partial charge in [-0.1, -0.05) is 47.2 Å². The van der Waals surface area contributed by atoms with E-state index >= 15 is 0 Å². The van der Waals surface area contributed by atoms with Crippen molar-refractivity contribution in [2.75, 3.05) is 7.05 Å². The number of hydrogen-bond acceptors (Lipinski definition) is 3. The minimum Gasteiger partial charge on any atom is -0.392 e. The summed E-state index contributed by atoms with van der Waals surface area (Å²) in [5, 5.41) is -0.803. The highest BCUT2D eigenvalue weighted by Gasteiger charge is 2.30. The van der Waals surface area contributed by atoms with E-state index in [1.165, 1.54) is 11.4 Å². The van der Waals surface area contributed by atoms with Gasteiger partial charge in [0.2, 0.25) is 10.0 Å². The summed E-state index contributed by atoms with van der Waals surface area (Å²) in [7, 11) is -1.96. The Labute approximate surface area is 128 Å². The molecular formula is C12H17BrN2O2S2. The van der Waals surface area contributed by atoms with Crippen molar-refractivity contribution in [1.29, 1.82) is 0 Å². The predicted molar refractivity (Wildman–Crippen MR) is 85.4 cm³/mol.